The molecule has 0 fully saturated rings. The Bertz CT molecular complexity index is 1330. The average Bonchev–Trinajstić information content (AvgIpc) is 3.16. The van der Waals surface area contributed by atoms with E-state index in [9.17, 15) is 4.79 Å². The fourth-order valence-corrected chi connectivity index (χ4v) is 4.26. The molecular weight excluding hydrogens is 434 g/mol. The molecule has 0 amide bonds. The van der Waals surface area contributed by atoms with Gasteiger partial charge in [-0.25, -0.2) is 9.97 Å². The van der Waals surface area contributed by atoms with Crippen molar-refractivity contribution in [2.24, 2.45) is 7.05 Å². The predicted molar refractivity (Wildman–Crippen MR) is 133 cm³/mol. The number of fused-ring (bicyclic) bond motifs is 1. The predicted octanol–water partition coefficient (Wildman–Crippen LogP) is 6.71. The molecule has 5 nitrogen and oxygen atoms in total. The minimum atomic E-state index is -0.697. The molecule has 0 aliphatic rings. The number of benzene rings is 2. The maximum absolute atomic E-state index is 12.8. The molecule has 2 aromatic carbocycles. The molecule has 4 rings (SSSR count). The van der Waals surface area contributed by atoms with E-state index in [1.165, 1.54) is 0 Å². The summed E-state index contributed by atoms with van der Waals surface area (Å²) in [5.74, 6) is -0.0398. The first-order chi connectivity index (χ1) is 15.5. The molecule has 2 aromatic heterocycles. The van der Waals surface area contributed by atoms with Crippen LogP contribution in [0.1, 0.15) is 44.9 Å². The topological polar surface area (TPSA) is 57.0 Å². The Kier molecular flexibility index (Phi) is 6.12. The van der Waals surface area contributed by atoms with Gasteiger partial charge in [-0.15, -0.1) is 0 Å². The van der Waals surface area contributed by atoms with Crippen LogP contribution in [0.2, 0.25) is 5.02 Å². The maximum atomic E-state index is 12.8. The number of halogens is 1. The molecule has 0 spiro atoms. The quantitative estimate of drug-likeness (QED) is 0.331. The number of imidazole rings is 1. The fraction of sp³-hybridized carbons (Fsp3) is 0.296. The molecule has 4 aromatic rings. The van der Waals surface area contributed by atoms with Gasteiger partial charge in [0.2, 0.25) is 0 Å². The number of carbonyl (C=O) groups excluding carboxylic acids is 1. The lowest BCUT2D eigenvalue weighted by Crippen LogP contribution is -2.27. The lowest BCUT2D eigenvalue weighted by atomic mass is 9.87. The van der Waals surface area contributed by atoms with Crippen molar-refractivity contribution in [2.45, 2.75) is 46.3 Å². The Labute approximate surface area is 199 Å². The minimum absolute atomic E-state index is 0.0398. The number of rotatable bonds is 5. The van der Waals surface area contributed by atoms with Gasteiger partial charge in [-0.05, 0) is 87.2 Å². The molecule has 0 aliphatic heterocycles. The van der Waals surface area contributed by atoms with Crippen molar-refractivity contribution < 1.29 is 9.53 Å². The van der Waals surface area contributed by atoms with E-state index in [0.29, 0.717) is 5.02 Å². The maximum Gasteiger partial charge on any atom is 0.163 e. The van der Waals surface area contributed by atoms with Gasteiger partial charge in [-0.3, -0.25) is 4.79 Å². The summed E-state index contributed by atoms with van der Waals surface area (Å²) in [4.78, 5) is 22.0. The number of aryl methyl sites for hydroxylation is 2. The monoisotopic (exact) mass is 461 g/mol. The summed E-state index contributed by atoms with van der Waals surface area (Å²) in [6, 6.07) is 13.8. The van der Waals surface area contributed by atoms with Crippen LogP contribution in [-0.4, -0.2) is 25.9 Å². The van der Waals surface area contributed by atoms with E-state index >= 15 is 0 Å². The van der Waals surface area contributed by atoms with E-state index in [0.717, 1.165) is 44.5 Å². The van der Waals surface area contributed by atoms with Crippen LogP contribution in [0.25, 0.3) is 33.4 Å². The number of hydrogen-bond acceptors (Lipinski definition) is 4. The van der Waals surface area contributed by atoms with Crippen LogP contribution in [0.5, 0.6) is 0 Å². The van der Waals surface area contributed by atoms with Gasteiger partial charge in [0.05, 0.1) is 35.0 Å². The molecule has 33 heavy (non-hydrogen) atoms. The lowest BCUT2D eigenvalue weighted by molar-refractivity contribution is -0.138. The van der Waals surface area contributed by atoms with Crippen molar-refractivity contribution in [2.75, 3.05) is 0 Å². The second-order valence-corrected chi connectivity index (χ2v) is 9.80. The smallest absolute Gasteiger partial charge is 0.163 e. The highest BCUT2D eigenvalue weighted by Gasteiger charge is 2.29. The Morgan fingerprint density at radius 1 is 1.12 bits per heavy atom. The number of hydrogen-bond donors (Lipinski definition) is 0. The van der Waals surface area contributed by atoms with Gasteiger partial charge < -0.3 is 9.30 Å². The fourth-order valence-electron chi connectivity index (χ4n) is 4.13. The Morgan fingerprint density at radius 3 is 2.39 bits per heavy atom. The number of carbonyl (C=O) groups is 1. The molecule has 0 aliphatic carbocycles. The zero-order valence-electron chi connectivity index (χ0n) is 19.8. The van der Waals surface area contributed by atoms with Crippen molar-refractivity contribution in [3.05, 3.63) is 71.1 Å². The summed E-state index contributed by atoms with van der Waals surface area (Å²) in [5, 5.41) is 1.61. The molecule has 0 saturated carbocycles. The summed E-state index contributed by atoms with van der Waals surface area (Å²) < 4.78 is 8.23. The largest absolute Gasteiger partial charge is 0.360 e. The molecule has 0 saturated heterocycles. The van der Waals surface area contributed by atoms with Gasteiger partial charge in [0, 0.05) is 17.5 Å². The normalized spacial score (nSPS) is 12.8. The van der Waals surface area contributed by atoms with Gasteiger partial charge in [-0.1, -0.05) is 23.7 Å². The molecule has 0 N–H and O–H groups in total. The average molecular weight is 462 g/mol. The first-order valence-corrected chi connectivity index (χ1v) is 11.3. The van der Waals surface area contributed by atoms with E-state index in [1.807, 2.05) is 75.7 Å². The number of pyridine rings is 1. The van der Waals surface area contributed by atoms with E-state index in [-0.39, 0.29) is 5.78 Å². The van der Waals surface area contributed by atoms with Crippen LogP contribution >= 0.6 is 11.6 Å². The van der Waals surface area contributed by atoms with Crippen LogP contribution in [0.4, 0.5) is 0 Å². The van der Waals surface area contributed by atoms with Crippen molar-refractivity contribution in [1.29, 1.82) is 0 Å². The van der Waals surface area contributed by atoms with Crippen LogP contribution in [0.3, 0.4) is 0 Å². The number of Topliss-reactive ketones (excluding diaryl/α,β-unsaturated/α-hetero) is 1. The first-order valence-electron chi connectivity index (χ1n) is 10.9. The summed E-state index contributed by atoms with van der Waals surface area (Å²) >= 11 is 6.18. The van der Waals surface area contributed by atoms with Crippen LogP contribution in [0, 0.1) is 6.92 Å². The lowest BCUT2D eigenvalue weighted by Gasteiger charge is -2.29. The molecule has 170 valence electrons. The third kappa shape index (κ3) is 4.70. The molecule has 0 radical (unpaired) electrons. The van der Waals surface area contributed by atoms with Crippen LogP contribution in [0.15, 0.2) is 55.0 Å². The molecule has 1 atom stereocenters. The van der Waals surface area contributed by atoms with E-state index in [2.05, 4.69) is 11.1 Å². The van der Waals surface area contributed by atoms with Crippen molar-refractivity contribution >= 4 is 28.3 Å². The van der Waals surface area contributed by atoms with E-state index in [1.54, 1.807) is 19.4 Å². The number of aromatic nitrogens is 3. The highest BCUT2D eigenvalue weighted by Crippen LogP contribution is 2.41. The van der Waals surface area contributed by atoms with Gasteiger partial charge >= 0.3 is 0 Å². The van der Waals surface area contributed by atoms with E-state index < -0.39 is 11.7 Å². The summed E-state index contributed by atoms with van der Waals surface area (Å²) in [7, 11) is 1.95. The van der Waals surface area contributed by atoms with Gasteiger partial charge in [0.15, 0.2) is 5.78 Å². The second-order valence-electron chi connectivity index (χ2n) is 9.36. The van der Waals surface area contributed by atoms with Crippen LogP contribution < -0.4 is 0 Å². The summed E-state index contributed by atoms with van der Waals surface area (Å²) in [6.07, 6.45) is 2.87. The zero-order valence-corrected chi connectivity index (χ0v) is 20.6. The molecule has 6 heteroatoms. The van der Waals surface area contributed by atoms with Gasteiger partial charge in [0.25, 0.3) is 0 Å². The highest BCUT2D eigenvalue weighted by molar-refractivity contribution is 6.30. The number of nitrogens with zero attached hydrogens (tertiary/aromatic N) is 3. The van der Waals surface area contributed by atoms with Crippen molar-refractivity contribution in [3.8, 4) is 22.5 Å². The molecule has 0 unspecified atom stereocenters. The second kappa shape index (κ2) is 8.73. The Morgan fingerprint density at radius 2 is 1.82 bits per heavy atom. The van der Waals surface area contributed by atoms with Crippen molar-refractivity contribution in [1.82, 2.24) is 14.5 Å². The Hall–Kier alpha value is -3.02. The van der Waals surface area contributed by atoms with E-state index in [4.69, 9.17) is 21.3 Å². The highest BCUT2D eigenvalue weighted by atomic mass is 35.5. The Balaban J connectivity index is 2.03. The third-order valence-corrected chi connectivity index (χ3v) is 5.81. The van der Waals surface area contributed by atoms with Crippen molar-refractivity contribution in [3.63, 3.8) is 0 Å². The first kappa shape index (κ1) is 23.1. The molecular formula is C27H28ClN3O2. The van der Waals surface area contributed by atoms with Gasteiger partial charge in [0.1, 0.15) is 6.10 Å². The molecule has 0 bridgehead atoms. The third-order valence-electron chi connectivity index (χ3n) is 5.56. The standard InChI is InChI=1S/C27H28ClN3O2/c1-16-13-22-20(11-12-21(30-22)23-14-29-15-31(23)6)25(18-7-9-19(28)10-8-18)24(16)26(17(2)32)33-27(3,4)5/h7-15,26H,1-6H3/t26-/m1/s1. The summed E-state index contributed by atoms with van der Waals surface area (Å²) in [6.45, 7) is 9.47. The van der Waals surface area contributed by atoms with Gasteiger partial charge in [-0.2, -0.15) is 0 Å². The number of ketones is 1. The number of ether oxygens (including phenoxy) is 1. The summed E-state index contributed by atoms with van der Waals surface area (Å²) in [5.41, 5.74) is 5.84. The minimum Gasteiger partial charge on any atom is -0.360 e. The zero-order chi connectivity index (χ0) is 23.9. The molecule has 2 heterocycles. The SMILES string of the molecule is CC(=O)[C@@H](OC(C)(C)C)c1c(C)cc2nc(-c3cncn3C)ccc2c1-c1ccc(Cl)cc1. The van der Waals surface area contributed by atoms with Crippen LogP contribution in [-0.2, 0) is 16.6 Å².